The standard InChI is InChI=1S/C14H21N3O2/c1-3-11-7-9-16(10-8-11)13-6-4-5-12(15-2)14(13)17(18)19/h4-6,11,15H,3,7-10H2,1-2H3. The van der Waals surface area contributed by atoms with Crippen LogP contribution in [0.3, 0.4) is 0 Å². The summed E-state index contributed by atoms with van der Waals surface area (Å²) in [5, 5.41) is 14.2. The van der Waals surface area contributed by atoms with Crippen molar-refractivity contribution in [2.75, 3.05) is 30.4 Å². The van der Waals surface area contributed by atoms with Crippen LogP contribution in [0, 0.1) is 16.0 Å². The summed E-state index contributed by atoms with van der Waals surface area (Å²) in [7, 11) is 1.72. The summed E-state index contributed by atoms with van der Waals surface area (Å²) >= 11 is 0. The summed E-state index contributed by atoms with van der Waals surface area (Å²) < 4.78 is 0. The summed E-state index contributed by atoms with van der Waals surface area (Å²) in [6.45, 7) is 4.03. The van der Waals surface area contributed by atoms with Gasteiger partial charge >= 0.3 is 5.69 Å². The Balaban J connectivity index is 2.27. The number of piperidine rings is 1. The maximum absolute atomic E-state index is 11.3. The number of anilines is 2. The van der Waals surface area contributed by atoms with E-state index in [9.17, 15) is 10.1 Å². The molecular weight excluding hydrogens is 242 g/mol. The highest BCUT2D eigenvalue weighted by molar-refractivity contribution is 5.77. The van der Waals surface area contributed by atoms with Gasteiger partial charge < -0.3 is 10.2 Å². The van der Waals surface area contributed by atoms with Crippen molar-refractivity contribution in [3.8, 4) is 0 Å². The Labute approximate surface area is 113 Å². The van der Waals surface area contributed by atoms with E-state index in [0.29, 0.717) is 5.69 Å². The number of rotatable bonds is 4. The highest BCUT2D eigenvalue weighted by Gasteiger charge is 2.26. The third-order valence-corrected chi connectivity index (χ3v) is 4.00. The Hall–Kier alpha value is -1.78. The van der Waals surface area contributed by atoms with E-state index in [1.807, 2.05) is 12.1 Å². The topological polar surface area (TPSA) is 58.4 Å². The number of para-hydroxylation sites is 1. The maximum Gasteiger partial charge on any atom is 0.315 e. The first kappa shape index (κ1) is 13.6. The fraction of sp³-hybridized carbons (Fsp3) is 0.571. The van der Waals surface area contributed by atoms with Crippen LogP contribution in [0.5, 0.6) is 0 Å². The zero-order chi connectivity index (χ0) is 13.8. The molecule has 0 unspecified atom stereocenters. The zero-order valence-corrected chi connectivity index (χ0v) is 11.6. The van der Waals surface area contributed by atoms with Crippen molar-refractivity contribution in [1.29, 1.82) is 0 Å². The molecule has 1 aromatic carbocycles. The van der Waals surface area contributed by atoms with E-state index in [4.69, 9.17) is 0 Å². The molecule has 0 saturated carbocycles. The molecule has 5 nitrogen and oxygen atoms in total. The number of hydrogen-bond donors (Lipinski definition) is 1. The van der Waals surface area contributed by atoms with E-state index < -0.39 is 0 Å². The molecule has 1 aliphatic rings. The number of nitro benzene ring substituents is 1. The summed E-state index contributed by atoms with van der Waals surface area (Å²) in [6, 6.07) is 5.48. The van der Waals surface area contributed by atoms with Crippen LogP contribution in [-0.4, -0.2) is 25.1 Å². The molecule has 1 N–H and O–H groups in total. The number of nitro groups is 1. The van der Waals surface area contributed by atoms with Crippen LogP contribution in [0.4, 0.5) is 17.1 Å². The molecule has 1 heterocycles. The lowest BCUT2D eigenvalue weighted by atomic mass is 9.94. The highest BCUT2D eigenvalue weighted by atomic mass is 16.6. The van der Waals surface area contributed by atoms with Crippen molar-refractivity contribution in [3.05, 3.63) is 28.3 Å². The van der Waals surface area contributed by atoms with Crippen molar-refractivity contribution < 1.29 is 4.92 Å². The molecular formula is C14H21N3O2. The van der Waals surface area contributed by atoms with Crippen molar-refractivity contribution in [3.63, 3.8) is 0 Å². The van der Waals surface area contributed by atoms with Gasteiger partial charge in [0.2, 0.25) is 0 Å². The van der Waals surface area contributed by atoms with E-state index >= 15 is 0 Å². The van der Waals surface area contributed by atoms with Crippen molar-refractivity contribution in [2.24, 2.45) is 5.92 Å². The Morgan fingerprint density at radius 1 is 1.42 bits per heavy atom. The van der Waals surface area contributed by atoms with Gasteiger partial charge in [-0.1, -0.05) is 19.4 Å². The molecule has 5 heteroatoms. The zero-order valence-electron chi connectivity index (χ0n) is 11.6. The van der Waals surface area contributed by atoms with Crippen LogP contribution in [0.1, 0.15) is 26.2 Å². The van der Waals surface area contributed by atoms with Crippen LogP contribution >= 0.6 is 0 Å². The average molecular weight is 263 g/mol. The molecule has 1 saturated heterocycles. The molecule has 0 atom stereocenters. The van der Waals surface area contributed by atoms with Gasteiger partial charge in [0.1, 0.15) is 11.4 Å². The van der Waals surface area contributed by atoms with Crippen LogP contribution in [0.2, 0.25) is 0 Å². The molecule has 1 aromatic rings. The normalized spacial score (nSPS) is 16.4. The maximum atomic E-state index is 11.3. The number of nitrogens with zero attached hydrogens (tertiary/aromatic N) is 2. The van der Waals surface area contributed by atoms with Gasteiger partial charge in [0.15, 0.2) is 0 Å². The van der Waals surface area contributed by atoms with E-state index in [1.54, 1.807) is 13.1 Å². The molecule has 0 aliphatic carbocycles. The molecule has 0 radical (unpaired) electrons. The molecule has 0 spiro atoms. The minimum absolute atomic E-state index is 0.194. The van der Waals surface area contributed by atoms with Crippen LogP contribution in [0.25, 0.3) is 0 Å². The minimum Gasteiger partial charge on any atom is -0.382 e. The molecule has 2 rings (SSSR count). The van der Waals surface area contributed by atoms with E-state index in [0.717, 1.165) is 37.5 Å². The fourth-order valence-corrected chi connectivity index (χ4v) is 2.76. The number of nitrogens with one attached hydrogen (secondary N) is 1. The van der Waals surface area contributed by atoms with E-state index in [-0.39, 0.29) is 10.6 Å². The quantitative estimate of drug-likeness (QED) is 0.669. The monoisotopic (exact) mass is 263 g/mol. The van der Waals surface area contributed by atoms with Gasteiger partial charge in [-0.05, 0) is 30.9 Å². The van der Waals surface area contributed by atoms with Gasteiger partial charge in [-0.2, -0.15) is 0 Å². The first-order valence-electron chi connectivity index (χ1n) is 6.87. The summed E-state index contributed by atoms with van der Waals surface area (Å²) in [6.07, 6.45) is 3.45. The van der Waals surface area contributed by atoms with E-state index in [2.05, 4.69) is 17.1 Å². The number of benzene rings is 1. The number of hydrogen-bond acceptors (Lipinski definition) is 4. The third-order valence-electron chi connectivity index (χ3n) is 4.00. The second kappa shape index (κ2) is 5.91. The molecule has 1 aliphatic heterocycles. The smallest absolute Gasteiger partial charge is 0.315 e. The first-order chi connectivity index (χ1) is 9.17. The van der Waals surface area contributed by atoms with E-state index in [1.165, 1.54) is 6.42 Å². The molecule has 0 aromatic heterocycles. The van der Waals surface area contributed by atoms with Gasteiger partial charge in [-0.25, -0.2) is 0 Å². The second-order valence-electron chi connectivity index (χ2n) is 5.02. The Morgan fingerprint density at radius 3 is 2.63 bits per heavy atom. The molecule has 0 bridgehead atoms. The first-order valence-corrected chi connectivity index (χ1v) is 6.87. The van der Waals surface area contributed by atoms with Gasteiger partial charge in [0.05, 0.1) is 4.92 Å². The Kier molecular flexibility index (Phi) is 4.24. The molecule has 0 amide bonds. The molecule has 104 valence electrons. The summed E-state index contributed by atoms with van der Waals surface area (Å²) in [5.74, 6) is 0.766. The third kappa shape index (κ3) is 2.80. The summed E-state index contributed by atoms with van der Waals surface area (Å²) in [4.78, 5) is 13.2. The average Bonchev–Trinajstić information content (AvgIpc) is 2.46. The Bertz CT molecular complexity index is 454. The van der Waals surface area contributed by atoms with Gasteiger partial charge in [-0.15, -0.1) is 0 Å². The van der Waals surface area contributed by atoms with Crippen LogP contribution in [0.15, 0.2) is 18.2 Å². The van der Waals surface area contributed by atoms with Crippen molar-refractivity contribution >= 4 is 17.1 Å². The lowest BCUT2D eigenvalue weighted by molar-refractivity contribution is -0.383. The lowest BCUT2D eigenvalue weighted by Gasteiger charge is -2.33. The van der Waals surface area contributed by atoms with Gasteiger partial charge in [0.25, 0.3) is 0 Å². The lowest BCUT2D eigenvalue weighted by Crippen LogP contribution is -2.33. The van der Waals surface area contributed by atoms with Crippen LogP contribution < -0.4 is 10.2 Å². The van der Waals surface area contributed by atoms with Crippen molar-refractivity contribution in [2.45, 2.75) is 26.2 Å². The second-order valence-corrected chi connectivity index (χ2v) is 5.02. The Morgan fingerprint density at radius 2 is 2.11 bits per heavy atom. The predicted molar refractivity (Wildman–Crippen MR) is 77.9 cm³/mol. The van der Waals surface area contributed by atoms with Crippen LogP contribution in [-0.2, 0) is 0 Å². The van der Waals surface area contributed by atoms with Gasteiger partial charge in [-0.3, -0.25) is 10.1 Å². The highest BCUT2D eigenvalue weighted by Crippen LogP contribution is 2.37. The summed E-state index contributed by atoms with van der Waals surface area (Å²) in [5.41, 5.74) is 1.52. The molecule has 19 heavy (non-hydrogen) atoms. The predicted octanol–water partition coefficient (Wildman–Crippen LogP) is 3.26. The van der Waals surface area contributed by atoms with Gasteiger partial charge in [0, 0.05) is 20.1 Å². The SMILES string of the molecule is CCC1CCN(c2cccc(NC)c2[N+](=O)[O-])CC1. The largest absolute Gasteiger partial charge is 0.382 e. The molecule has 1 fully saturated rings. The van der Waals surface area contributed by atoms with Crippen molar-refractivity contribution in [1.82, 2.24) is 0 Å². The fourth-order valence-electron chi connectivity index (χ4n) is 2.76. The minimum atomic E-state index is -0.285.